The van der Waals surface area contributed by atoms with Crippen LogP contribution in [0.15, 0.2) is 30.3 Å². The van der Waals surface area contributed by atoms with Crippen molar-refractivity contribution in [3.05, 3.63) is 30.3 Å². The monoisotopic (exact) mass is 203 g/mol. The van der Waals surface area contributed by atoms with Gasteiger partial charge in [-0.2, -0.15) is 0 Å². The summed E-state index contributed by atoms with van der Waals surface area (Å²) in [5.74, 6) is 1.62. The summed E-state index contributed by atoms with van der Waals surface area (Å²) in [5, 5.41) is 1.95. The van der Waals surface area contributed by atoms with Gasteiger partial charge in [0.1, 0.15) is 11.5 Å². The van der Waals surface area contributed by atoms with E-state index in [1.807, 2.05) is 30.3 Å². The van der Waals surface area contributed by atoms with Crippen molar-refractivity contribution in [2.45, 2.75) is 0 Å². The smallest absolute Gasteiger partial charge is 0.126 e. The number of nitrogen functional groups attached to an aromatic ring is 1. The first-order chi connectivity index (χ1) is 7.26. The zero-order valence-corrected chi connectivity index (χ0v) is 8.78. The summed E-state index contributed by atoms with van der Waals surface area (Å²) in [4.78, 5) is 0. The first-order valence-electron chi connectivity index (χ1n) is 4.66. The molecule has 2 rings (SSSR count). The Hall–Kier alpha value is -1.90. The van der Waals surface area contributed by atoms with E-state index in [0.717, 1.165) is 28.0 Å². The first kappa shape index (κ1) is 9.65. The fourth-order valence-corrected chi connectivity index (χ4v) is 1.63. The second-order valence-corrected chi connectivity index (χ2v) is 3.27. The van der Waals surface area contributed by atoms with E-state index >= 15 is 0 Å². The zero-order chi connectivity index (χ0) is 10.8. The lowest BCUT2D eigenvalue weighted by molar-refractivity contribution is 0.414. The van der Waals surface area contributed by atoms with Gasteiger partial charge >= 0.3 is 0 Å². The second-order valence-electron chi connectivity index (χ2n) is 3.27. The van der Waals surface area contributed by atoms with Crippen molar-refractivity contribution < 1.29 is 9.47 Å². The fraction of sp³-hybridized carbons (Fsp3) is 0.167. The van der Waals surface area contributed by atoms with E-state index in [0.29, 0.717) is 0 Å². The summed E-state index contributed by atoms with van der Waals surface area (Å²) in [5.41, 5.74) is 6.62. The highest BCUT2D eigenvalue weighted by Gasteiger charge is 2.05. The van der Waals surface area contributed by atoms with Crippen LogP contribution < -0.4 is 15.2 Å². The summed E-state index contributed by atoms with van der Waals surface area (Å²) in [7, 11) is 3.28. The number of methoxy groups -OCH3 is 2. The van der Waals surface area contributed by atoms with E-state index in [-0.39, 0.29) is 0 Å². The van der Waals surface area contributed by atoms with E-state index in [9.17, 15) is 0 Å². The molecule has 3 heteroatoms. The predicted molar refractivity (Wildman–Crippen MR) is 61.5 cm³/mol. The van der Waals surface area contributed by atoms with Gasteiger partial charge < -0.3 is 15.2 Å². The summed E-state index contributed by atoms with van der Waals surface area (Å²) in [6.07, 6.45) is 0. The molecule has 0 aliphatic carbocycles. The van der Waals surface area contributed by atoms with Gasteiger partial charge in [0.2, 0.25) is 0 Å². The van der Waals surface area contributed by atoms with Crippen LogP contribution in [0.4, 0.5) is 5.69 Å². The first-order valence-corrected chi connectivity index (χ1v) is 4.66. The number of nitrogens with two attached hydrogens (primary N) is 1. The molecule has 0 aromatic heterocycles. The van der Waals surface area contributed by atoms with Crippen molar-refractivity contribution in [3.8, 4) is 11.5 Å². The minimum Gasteiger partial charge on any atom is -0.497 e. The van der Waals surface area contributed by atoms with Crippen LogP contribution in [0.2, 0.25) is 0 Å². The molecule has 0 heterocycles. The van der Waals surface area contributed by atoms with E-state index in [1.54, 1.807) is 14.2 Å². The Balaban J connectivity index is 2.75. The van der Waals surface area contributed by atoms with Crippen LogP contribution in [0, 0.1) is 0 Å². The summed E-state index contributed by atoms with van der Waals surface area (Å²) in [6.45, 7) is 0. The van der Waals surface area contributed by atoms with E-state index in [4.69, 9.17) is 15.2 Å². The van der Waals surface area contributed by atoms with Crippen molar-refractivity contribution in [2.75, 3.05) is 20.0 Å². The maximum absolute atomic E-state index is 5.89. The minimum atomic E-state index is 0.727. The number of ether oxygens (including phenoxy) is 2. The van der Waals surface area contributed by atoms with Crippen LogP contribution in [0.5, 0.6) is 11.5 Å². The highest BCUT2D eigenvalue weighted by atomic mass is 16.5. The lowest BCUT2D eigenvalue weighted by Gasteiger charge is -2.09. The van der Waals surface area contributed by atoms with Gasteiger partial charge in [-0.25, -0.2) is 0 Å². The topological polar surface area (TPSA) is 44.5 Å². The Kier molecular flexibility index (Phi) is 2.37. The van der Waals surface area contributed by atoms with E-state index in [1.165, 1.54) is 0 Å². The normalized spacial score (nSPS) is 10.3. The van der Waals surface area contributed by atoms with Crippen LogP contribution in [-0.4, -0.2) is 14.2 Å². The van der Waals surface area contributed by atoms with Crippen molar-refractivity contribution in [2.24, 2.45) is 0 Å². The molecule has 78 valence electrons. The molecule has 0 saturated heterocycles. The van der Waals surface area contributed by atoms with Crippen LogP contribution in [0.1, 0.15) is 0 Å². The number of fused-ring (bicyclic) bond motifs is 1. The molecule has 0 aliphatic heterocycles. The molecule has 0 atom stereocenters. The van der Waals surface area contributed by atoms with E-state index in [2.05, 4.69) is 0 Å². The zero-order valence-electron chi connectivity index (χ0n) is 8.78. The Morgan fingerprint density at radius 3 is 2.40 bits per heavy atom. The lowest BCUT2D eigenvalue weighted by Crippen LogP contribution is -1.91. The van der Waals surface area contributed by atoms with Gasteiger partial charge in [0.15, 0.2) is 0 Å². The lowest BCUT2D eigenvalue weighted by atomic mass is 10.1. The number of anilines is 1. The molecule has 0 aliphatic rings. The van der Waals surface area contributed by atoms with Gasteiger partial charge in [0.25, 0.3) is 0 Å². The molecule has 2 aromatic rings. The Morgan fingerprint density at radius 1 is 0.933 bits per heavy atom. The number of benzene rings is 2. The molecule has 2 N–H and O–H groups in total. The maximum atomic E-state index is 5.89. The molecular formula is C12H13NO2. The highest BCUT2D eigenvalue weighted by molar-refractivity contribution is 5.97. The molecule has 15 heavy (non-hydrogen) atoms. The molecule has 0 bridgehead atoms. The Bertz CT molecular complexity index is 494. The summed E-state index contributed by atoms with van der Waals surface area (Å²) >= 11 is 0. The minimum absolute atomic E-state index is 0.727. The molecule has 0 saturated carbocycles. The van der Waals surface area contributed by atoms with Crippen LogP contribution in [-0.2, 0) is 0 Å². The fourth-order valence-electron chi connectivity index (χ4n) is 1.63. The molecule has 0 radical (unpaired) electrons. The SMILES string of the molecule is COc1ccc2c(OC)ccc(N)c2c1. The van der Waals surface area contributed by atoms with E-state index < -0.39 is 0 Å². The third-order valence-electron chi connectivity index (χ3n) is 2.44. The van der Waals surface area contributed by atoms with Crippen LogP contribution in [0.3, 0.4) is 0 Å². The van der Waals surface area contributed by atoms with Gasteiger partial charge in [-0.15, -0.1) is 0 Å². The summed E-state index contributed by atoms with van der Waals surface area (Å²) < 4.78 is 10.4. The Morgan fingerprint density at radius 2 is 1.73 bits per heavy atom. The van der Waals surface area contributed by atoms with Gasteiger partial charge in [-0.1, -0.05) is 0 Å². The van der Waals surface area contributed by atoms with Crippen molar-refractivity contribution in [1.82, 2.24) is 0 Å². The quantitative estimate of drug-likeness (QED) is 0.762. The molecular weight excluding hydrogens is 190 g/mol. The number of rotatable bonds is 2. The molecule has 0 fully saturated rings. The largest absolute Gasteiger partial charge is 0.497 e. The van der Waals surface area contributed by atoms with Crippen molar-refractivity contribution in [1.29, 1.82) is 0 Å². The average Bonchev–Trinajstić information content (AvgIpc) is 2.29. The molecule has 0 unspecified atom stereocenters. The van der Waals surface area contributed by atoms with Crippen molar-refractivity contribution in [3.63, 3.8) is 0 Å². The average molecular weight is 203 g/mol. The number of hydrogen-bond donors (Lipinski definition) is 1. The van der Waals surface area contributed by atoms with Gasteiger partial charge in [0.05, 0.1) is 14.2 Å². The van der Waals surface area contributed by atoms with Crippen molar-refractivity contribution >= 4 is 16.5 Å². The molecule has 0 spiro atoms. The van der Waals surface area contributed by atoms with Crippen LogP contribution >= 0.6 is 0 Å². The van der Waals surface area contributed by atoms with Crippen LogP contribution in [0.25, 0.3) is 10.8 Å². The highest BCUT2D eigenvalue weighted by Crippen LogP contribution is 2.32. The van der Waals surface area contributed by atoms with Gasteiger partial charge in [0, 0.05) is 16.5 Å². The number of hydrogen-bond acceptors (Lipinski definition) is 3. The van der Waals surface area contributed by atoms with Gasteiger partial charge in [-0.05, 0) is 30.3 Å². The third-order valence-corrected chi connectivity index (χ3v) is 2.44. The summed E-state index contributed by atoms with van der Waals surface area (Å²) in [6, 6.07) is 9.45. The standard InChI is InChI=1S/C12H13NO2/c1-14-8-3-4-9-10(7-8)11(13)5-6-12(9)15-2/h3-7H,13H2,1-2H3. The Labute approximate surface area is 88.4 Å². The molecule has 2 aromatic carbocycles. The maximum Gasteiger partial charge on any atom is 0.126 e. The molecule has 3 nitrogen and oxygen atoms in total. The predicted octanol–water partition coefficient (Wildman–Crippen LogP) is 2.44. The van der Waals surface area contributed by atoms with Gasteiger partial charge in [-0.3, -0.25) is 0 Å². The third kappa shape index (κ3) is 1.56. The molecule has 0 amide bonds. The second kappa shape index (κ2) is 3.69.